The van der Waals surface area contributed by atoms with Gasteiger partial charge in [0.05, 0.1) is 15.8 Å². The normalized spacial score (nSPS) is 12.7. The number of amides is 1. The van der Waals surface area contributed by atoms with Crippen LogP contribution in [-0.2, 0) is 14.8 Å². The molecule has 0 saturated carbocycles. The maximum absolute atomic E-state index is 12.8. The first-order valence-corrected chi connectivity index (χ1v) is 12.0. The highest BCUT2D eigenvalue weighted by Gasteiger charge is 2.21. The molecule has 1 atom stereocenters. The highest BCUT2D eigenvalue weighted by molar-refractivity contribution is 8.00. The maximum atomic E-state index is 12.8. The second kappa shape index (κ2) is 9.25. The van der Waals surface area contributed by atoms with Gasteiger partial charge >= 0.3 is 0 Å². The largest absolute Gasteiger partial charge is 0.325 e. The van der Waals surface area contributed by atoms with Crippen molar-refractivity contribution in [3.8, 4) is 5.69 Å². The zero-order valence-corrected chi connectivity index (χ0v) is 19.8. The number of aryl methyl sites for hydroxylation is 2. The third-order valence-electron chi connectivity index (χ3n) is 4.75. The van der Waals surface area contributed by atoms with Gasteiger partial charge in [-0.05, 0) is 50.6 Å². The van der Waals surface area contributed by atoms with E-state index in [1.54, 1.807) is 25.3 Å². The molecule has 0 aliphatic rings. The van der Waals surface area contributed by atoms with Crippen LogP contribution in [0.3, 0.4) is 0 Å². The summed E-state index contributed by atoms with van der Waals surface area (Å²) in [6, 6.07) is 12.4. The first kappa shape index (κ1) is 23.1. The van der Waals surface area contributed by atoms with Crippen molar-refractivity contribution >= 4 is 33.4 Å². The summed E-state index contributed by atoms with van der Waals surface area (Å²) < 4.78 is 27.8. The molecule has 9 heteroatoms. The van der Waals surface area contributed by atoms with E-state index in [1.165, 1.54) is 43.6 Å². The summed E-state index contributed by atoms with van der Waals surface area (Å²) in [5.41, 5.74) is 3.75. The fourth-order valence-corrected chi connectivity index (χ4v) is 4.86. The molecule has 2 aromatic carbocycles. The predicted molar refractivity (Wildman–Crippen MR) is 124 cm³/mol. The molecule has 1 N–H and O–H groups in total. The zero-order valence-electron chi connectivity index (χ0n) is 18.2. The summed E-state index contributed by atoms with van der Waals surface area (Å²) in [7, 11) is -0.638. The predicted octanol–water partition coefficient (Wildman–Crippen LogP) is 3.86. The SMILES string of the molecule is Cc1ccc(-n2ccnc2S[C@H](C)C(=O)Nc2cccc(S(=O)(=O)N(C)C)c2)c(C)c1. The number of nitrogens with zero attached hydrogens (tertiary/aromatic N) is 3. The van der Waals surface area contributed by atoms with Crippen LogP contribution in [-0.4, -0.2) is 47.5 Å². The Hall–Kier alpha value is -2.62. The van der Waals surface area contributed by atoms with Crippen molar-refractivity contribution in [2.45, 2.75) is 36.1 Å². The van der Waals surface area contributed by atoms with Crippen LogP contribution in [0.5, 0.6) is 0 Å². The third-order valence-corrected chi connectivity index (χ3v) is 7.64. The minimum absolute atomic E-state index is 0.126. The molecular formula is C22H26N4O3S2. The minimum Gasteiger partial charge on any atom is -0.325 e. The Bertz CT molecular complexity index is 1200. The lowest BCUT2D eigenvalue weighted by Crippen LogP contribution is -2.24. The van der Waals surface area contributed by atoms with Gasteiger partial charge in [-0.1, -0.05) is 35.5 Å². The van der Waals surface area contributed by atoms with Crippen LogP contribution < -0.4 is 5.32 Å². The number of nitrogens with one attached hydrogen (secondary N) is 1. The molecule has 0 aliphatic heterocycles. The summed E-state index contributed by atoms with van der Waals surface area (Å²) in [5, 5.41) is 3.07. The van der Waals surface area contributed by atoms with Crippen molar-refractivity contribution in [3.63, 3.8) is 0 Å². The van der Waals surface area contributed by atoms with Crippen LogP contribution in [0.1, 0.15) is 18.1 Å². The van der Waals surface area contributed by atoms with Gasteiger partial charge in [0.2, 0.25) is 15.9 Å². The summed E-state index contributed by atoms with van der Waals surface area (Å²) >= 11 is 1.34. The van der Waals surface area contributed by atoms with E-state index in [-0.39, 0.29) is 10.8 Å². The lowest BCUT2D eigenvalue weighted by atomic mass is 10.1. The van der Waals surface area contributed by atoms with Crippen molar-refractivity contribution in [2.75, 3.05) is 19.4 Å². The van der Waals surface area contributed by atoms with Gasteiger partial charge in [0.1, 0.15) is 0 Å². The average molecular weight is 459 g/mol. The second-order valence-corrected chi connectivity index (χ2v) is 10.9. The van der Waals surface area contributed by atoms with Crippen LogP contribution in [0.25, 0.3) is 5.69 Å². The number of carbonyl (C=O) groups is 1. The summed E-state index contributed by atoms with van der Waals surface area (Å²) in [6.07, 6.45) is 3.59. The smallest absolute Gasteiger partial charge is 0.242 e. The molecule has 3 rings (SSSR count). The van der Waals surface area contributed by atoms with Crippen LogP contribution >= 0.6 is 11.8 Å². The van der Waals surface area contributed by atoms with Gasteiger partial charge in [-0.3, -0.25) is 9.36 Å². The van der Waals surface area contributed by atoms with E-state index in [4.69, 9.17) is 0 Å². The highest BCUT2D eigenvalue weighted by Crippen LogP contribution is 2.27. The van der Waals surface area contributed by atoms with E-state index in [0.29, 0.717) is 10.8 Å². The molecule has 0 saturated heterocycles. The van der Waals surface area contributed by atoms with Crippen molar-refractivity contribution in [1.29, 1.82) is 0 Å². The van der Waals surface area contributed by atoms with Crippen molar-refractivity contribution in [1.82, 2.24) is 13.9 Å². The molecule has 0 aliphatic carbocycles. The number of hydrogen-bond acceptors (Lipinski definition) is 5. The van der Waals surface area contributed by atoms with E-state index < -0.39 is 15.3 Å². The molecule has 0 bridgehead atoms. The molecule has 31 heavy (non-hydrogen) atoms. The van der Waals surface area contributed by atoms with Gasteiger partial charge in [0.15, 0.2) is 5.16 Å². The van der Waals surface area contributed by atoms with Gasteiger partial charge in [-0.25, -0.2) is 17.7 Å². The van der Waals surface area contributed by atoms with E-state index >= 15 is 0 Å². The molecule has 1 heterocycles. The number of benzene rings is 2. The Morgan fingerprint density at radius 3 is 2.58 bits per heavy atom. The number of carbonyl (C=O) groups excluding carboxylic acids is 1. The first-order valence-electron chi connectivity index (χ1n) is 9.70. The number of aromatic nitrogens is 2. The van der Waals surface area contributed by atoms with Gasteiger partial charge in [0, 0.05) is 32.2 Å². The highest BCUT2D eigenvalue weighted by atomic mass is 32.2. The molecule has 7 nitrogen and oxygen atoms in total. The Morgan fingerprint density at radius 2 is 1.90 bits per heavy atom. The molecular weight excluding hydrogens is 432 g/mol. The average Bonchev–Trinajstić information content (AvgIpc) is 3.15. The van der Waals surface area contributed by atoms with Crippen LogP contribution in [0.4, 0.5) is 5.69 Å². The van der Waals surface area contributed by atoms with E-state index in [1.807, 2.05) is 36.7 Å². The zero-order chi connectivity index (χ0) is 22.8. The monoisotopic (exact) mass is 458 g/mol. The molecule has 0 spiro atoms. The minimum atomic E-state index is -3.58. The van der Waals surface area contributed by atoms with E-state index in [9.17, 15) is 13.2 Å². The van der Waals surface area contributed by atoms with Crippen LogP contribution in [0, 0.1) is 13.8 Å². The number of sulfonamides is 1. The Balaban J connectivity index is 1.75. The molecule has 0 unspecified atom stereocenters. The number of imidazole rings is 1. The molecule has 0 radical (unpaired) electrons. The molecule has 0 fully saturated rings. The lowest BCUT2D eigenvalue weighted by molar-refractivity contribution is -0.115. The standard InChI is InChI=1S/C22H26N4O3S2/c1-15-9-10-20(16(2)13-15)26-12-11-23-22(26)30-17(3)21(27)24-18-7-6-8-19(14-18)31(28,29)25(4)5/h6-14,17H,1-5H3,(H,24,27)/t17-/m1/s1. The molecule has 164 valence electrons. The maximum Gasteiger partial charge on any atom is 0.242 e. The fourth-order valence-electron chi connectivity index (χ4n) is 3.04. The lowest BCUT2D eigenvalue weighted by Gasteiger charge is -2.15. The van der Waals surface area contributed by atoms with E-state index in [2.05, 4.69) is 16.4 Å². The van der Waals surface area contributed by atoms with Crippen molar-refractivity contribution in [3.05, 3.63) is 66.0 Å². The van der Waals surface area contributed by atoms with E-state index in [0.717, 1.165) is 15.6 Å². The number of hydrogen-bond donors (Lipinski definition) is 1. The van der Waals surface area contributed by atoms with Gasteiger partial charge < -0.3 is 5.32 Å². The summed E-state index contributed by atoms with van der Waals surface area (Å²) in [6.45, 7) is 5.88. The van der Waals surface area contributed by atoms with Crippen molar-refractivity contribution in [2.24, 2.45) is 0 Å². The van der Waals surface area contributed by atoms with Gasteiger partial charge in [-0.2, -0.15) is 0 Å². The Kier molecular flexibility index (Phi) is 6.88. The van der Waals surface area contributed by atoms with Gasteiger partial charge in [-0.15, -0.1) is 0 Å². The Labute approximate surface area is 187 Å². The molecule has 3 aromatic rings. The summed E-state index contributed by atoms with van der Waals surface area (Å²) in [5.74, 6) is -0.237. The second-order valence-electron chi connectivity index (χ2n) is 7.43. The fraction of sp³-hybridized carbons (Fsp3) is 0.273. The topological polar surface area (TPSA) is 84.3 Å². The van der Waals surface area contributed by atoms with Crippen LogP contribution in [0.2, 0.25) is 0 Å². The van der Waals surface area contributed by atoms with Crippen molar-refractivity contribution < 1.29 is 13.2 Å². The number of thioether (sulfide) groups is 1. The first-order chi connectivity index (χ1) is 14.6. The van der Waals surface area contributed by atoms with Gasteiger partial charge in [0.25, 0.3) is 0 Å². The summed E-state index contributed by atoms with van der Waals surface area (Å²) in [4.78, 5) is 17.3. The number of rotatable bonds is 7. The quantitative estimate of drug-likeness (QED) is 0.544. The molecule has 1 amide bonds. The number of anilines is 1. The molecule has 1 aromatic heterocycles. The third kappa shape index (κ3) is 5.17. The van der Waals surface area contributed by atoms with Crippen LogP contribution in [0.15, 0.2) is 64.9 Å². The Morgan fingerprint density at radius 1 is 1.16 bits per heavy atom.